The lowest BCUT2D eigenvalue weighted by Gasteiger charge is -2.01. The van der Waals surface area contributed by atoms with Crippen molar-refractivity contribution >= 4 is 43.4 Å². The average Bonchev–Trinajstić information content (AvgIpc) is 2.06. The number of rotatable bonds is 2. The van der Waals surface area contributed by atoms with Gasteiger partial charge in [0.25, 0.3) is 5.69 Å². The smallest absolute Gasteiger partial charge is 0.258 e. The van der Waals surface area contributed by atoms with Crippen molar-refractivity contribution in [1.29, 1.82) is 0 Å². The molecule has 0 spiro atoms. The molecule has 1 aromatic carbocycles. The summed E-state index contributed by atoms with van der Waals surface area (Å²) in [4.78, 5) is 8.59. The van der Waals surface area contributed by atoms with E-state index in [0.29, 0.717) is 6.07 Å². The summed E-state index contributed by atoms with van der Waals surface area (Å²) in [6.07, 6.45) is 0. The maximum atomic E-state index is 12.6. The summed E-state index contributed by atoms with van der Waals surface area (Å²) in [6.45, 7) is 0. The second-order valence-electron chi connectivity index (χ2n) is 2.43. The highest BCUT2D eigenvalue weighted by atomic mass is 79.9. The summed E-state index contributed by atoms with van der Waals surface area (Å²) in [5.74, 6) is 0. The van der Waals surface area contributed by atoms with Gasteiger partial charge in [-0.1, -0.05) is 11.6 Å². The first-order valence-corrected chi connectivity index (χ1v) is 5.87. The van der Waals surface area contributed by atoms with Gasteiger partial charge in [-0.05, 0) is 15.9 Å². The van der Waals surface area contributed by atoms with E-state index in [2.05, 4.69) is 15.9 Å². The number of non-ortho nitro benzene ring substituents is 1. The molecule has 0 atom stereocenters. The zero-order chi connectivity index (χ0) is 11.8. The molecule has 0 N–H and O–H groups in total. The van der Waals surface area contributed by atoms with Crippen molar-refractivity contribution in [1.82, 2.24) is 0 Å². The number of halogens is 3. The molecule has 15 heavy (non-hydrogen) atoms. The van der Waals surface area contributed by atoms with Crippen LogP contribution in [0.15, 0.2) is 21.5 Å². The predicted octanol–water partition coefficient (Wildman–Crippen LogP) is 2.67. The molecule has 0 aliphatic heterocycles. The maximum absolute atomic E-state index is 12.6. The zero-order valence-corrected chi connectivity index (χ0v) is 9.94. The van der Waals surface area contributed by atoms with Crippen molar-refractivity contribution in [3.8, 4) is 0 Å². The number of nitro benzene ring substituents is 1. The molecule has 0 heterocycles. The lowest BCUT2D eigenvalue weighted by Crippen LogP contribution is -1.97. The van der Waals surface area contributed by atoms with Crippen LogP contribution in [0, 0.1) is 10.1 Å². The van der Waals surface area contributed by atoms with Gasteiger partial charge in [-0.25, -0.2) is 0 Å². The fraction of sp³-hybridized carbons (Fsp3) is 0. The number of nitrogens with zero attached hydrogens (tertiary/aromatic N) is 1. The standard InChI is InChI=1S/C6H2BrClFNO4S/c7-4-1-3(10(11)12)2-5(6(4)8)15(9,13)14/h1-2H. The van der Waals surface area contributed by atoms with Crippen LogP contribution in [0.5, 0.6) is 0 Å². The Balaban J connectivity index is 3.59. The van der Waals surface area contributed by atoms with Crippen LogP contribution in [-0.4, -0.2) is 13.3 Å². The topological polar surface area (TPSA) is 77.3 Å². The van der Waals surface area contributed by atoms with Gasteiger partial charge in [0.05, 0.1) is 9.95 Å². The molecule has 0 radical (unpaired) electrons. The van der Waals surface area contributed by atoms with Gasteiger partial charge < -0.3 is 0 Å². The normalized spacial score (nSPS) is 11.4. The Morgan fingerprint density at radius 1 is 1.47 bits per heavy atom. The molecule has 9 heteroatoms. The van der Waals surface area contributed by atoms with Gasteiger partial charge >= 0.3 is 10.2 Å². The van der Waals surface area contributed by atoms with Crippen LogP contribution in [0.1, 0.15) is 0 Å². The first kappa shape index (κ1) is 12.3. The monoisotopic (exact) mass is 317 g/mol. The molecule has 1 aromatic rings. The molecule has 0 fully saturated rings. The van der Waals surface area contributed by atoms with Gasteiger partial charge in [0.1, 0.15) is 4.90 Å². The van der Waals surface area contributed by atoms with Gasteiger partial charge in [-0.2, -0.15) is 8.42 Å². The number of nitro groups is 1. The van der Waals surface area contributed by atoms with Crippen molar-refractivity contribution in [3.05, 3.63) is 31.7 Å². The second-order valence-corrected chi connectivity index (χ2v) is 4.98. The van der Waals surface area contributed by atoms with Gasteiger partial charge in [-0.15, -0.1) is 3.89 Å². The Kier molecular flexibility index (Phi) is 3.31. The summed E-state index contributed by atoms with van der Waals surface area (Å²) >= 11 is 8.26. The van der Waals surface area contributed by atoms with Crippen LogP contribution in [0.3, 0.4) is 0 Å². The van der Waals surface area contributed by atoms with E-state index in [1.807, 2.05) is 0 Å². The van der Waals surface area contributed by atoms with Gasteiger partial charge in [0, 0.05) is 16.6 Å². The molecule has 1 rings (SSSR count). The third kappa shape index (κ3) is 2.64. The fourth-order valence-electron chi connectivity index (χ4n) is 0.833. The van der Waals surface area contributed by atoms with E-state index in [9.17, 15) is 22.4 Å². The van der Waals surface area contributed by atoms with Crippen LogP contribution >= 0.6 is 27.5 Å². The minimum absolute atomic E-state index is 0.0606. The summed E-state index contributed by atoms with van der Waals surface area (Å²) in [5, 5.41) is 9.94. The Bertz CT molecular complexity index is 532. The summed E-state index contributed by atoms with van der Waals surface area (Å²) < 4.78 is 33.8. The van der Waals surface area contributed by atoms with E-state index in [-0.39, 0.29) is 4.47 Å². The Hall–Kier alpha value is -0.730. The lowest BCUT2D eigenvalue weighted by atomic mass is 10.3. The number of benzene rings is 1. The predicted molar refractivity (Wildman–Crippen MR) is 54.1 cm³/mol. The molecule has 0 saturated carbocycles. The van der Waals surface area contributed by atoms with Gasteiger partial charge in [0.15, 0.2) is 0 Å². The molecule has 5 nitrogen and oxygen atoms in total. The maximum Gasteiger partial charge on any atom is 0.333 e. The molecule has 0 aliphatic rings. The first-order chi connectivity index (χ1) is 6.73. The Morgan fingerprint density at radius 3 is 2.40 bits per heavy atom. The SMILES string of the molecule is O=[N+]([O-])c1cc(Br)c(Cl)c(S(=O)(=O)F)c1. The number of hydrogen-bond acceptors (Lipinski definition) is 4. The highest BCUT2D eigenvalue weighted by Gasteiger charge is 2.23. The van der Waals surface area contributed by atoms with Crippen LogP contribution in [0.4, 0.5) is 9.57 Å². The van der Waals surface area contributed by atoms with Crippen LogP contribution in [0.2, 0.25) is 5.02 Å². The molecule has 82 valence electrons. The van der Waals surface area contributed by atoms with Gasteiger partial charge in [-0.3, -0.25) is 10.1 Å². The van der Waals surface area contributed by atoms with E-state index >= 15 is 0 Å². The number of hydrogen-bond donors (Lipinski definition) is 0. The van der Waals surface area contributed by atoms with Crippen LogP contribution in [-0.2, 0) is 10.2 Å². The Labute approximate surface area is 97.3 Å². The summed E-state index contributed by atoms with van der Waals surface area (Å²) in [5.41, 5.74) is -0.567. The third-order valence-electron chi connectivity index (χ3n) is 1.45. The van der Waals surface area contributed by atoms with E-state index in [1.165, 1.54) is 0 Å². The highest BCUT2D eigenvalue weighted by Crippen LogP contribution is 2.34. The molecule has 0 unspecified atom stereocenters. The molecular formula is C6H2BrClFNO4S. The first-order valence-electron chi connectivity index (χ1n) is 3.31. The molecule has 0 saturated heterocycles. The molecule has 0 aliphatic carbocycles. The van der Waals surface area contributed by atoms with Crippen molar-refractivity contribution < 1.29 is 17.2 Å². The minimum Gasteiger partial charge on any atom is -0.258 e. The quantitative estimate of drug-likeness (QED) is 0.477. The summed E-state index contributed by atoms with van der Waals surface area (Å²) in [7, 11) is -5.08. The lowest BCUT2D eigenvalue weighted by molar-refractivity contribution is -0.385. The minimum atomic E-state index is -5.08. The van der Waals surface area contributed by atoms with Crippen molar-refractivity contribution in [2.75, 3.05) is 0 Å². The average molecular weight is 319 g/mol. The zero-order valence-electron chi connectivity index (χ0n) is 6.78. The van der Waals surface area contributed by atoms with E-state index in [0.717, 1.165) is 6.07 Å². The van der Waals surface area contributed by atoms with Gasteiger partial charge in [0.2, 0.25) is 0 Å². The Morgan fingerprint density at radius 2 is 2.00 bits per heavy atom. The van der Waals surface area contributed by atoms with E-state index in [1.54, 1.807) is 0 Å². The van der Waals surface area contributed by atoms with Crippen molar-refractivity contribution in [2.24, 2.45) is 0 Å². The largest absolute Gasteiger partial charge is 0.333 e. The van der Waals surface area contributed by atoms with E-state index < -0.39 is 30.8 Å². The molecule has 0 amide bonds. The highest BCUT2D eigenvalue weighted by molar-refractivity contribution is 9.10. The molecule has 0 bridgehead atoms. The second kappa shape index (κ2) is 4.03. The summed E-state index contributed by atoms with van der Waals surface area (Å²) in [6, 6.07) is 1.54. The molecular weight excluding hydrogens is 316 g/mol. The van der Waals surface area contributed by atoms with Crippen molar-refractivity contribution in [3.63, 3.8) is 0 Å². The van der Waals surface area contributed by atoms with Crippen LogP contribution in [0.25, 0.3) is 0 Å². The van der Waals surface area contributed by atoms with Crippen molar-refractivity contribution in [2.45, 2.75) is 4.90 Å². The molecule has 0 aromatic heterocycles. The van der Waals surface area contributed by atoms with Crippen LogP contribution < -0.4 is 0 Å². The fourth-order valence-corrected chi connectivity index (χ4v) is 2.38. The van der Waals surface area contributed by atoms with E-state index in [4.69, 9.17) is 11.6 Å². The third-order valence-corrected chi connectivity index (χ3v) is 3.67.